The van der Waals surface area contributed by atoms with Crippen molar-refractivity contribution < 1.29 is 13.2 Å². The molecule has 1 saturated heterocycles. The van der Waals surface area contributed by atoms with Crippen molar-refractivity contribution in [3.8, 4) is 0 Å². The predicted molar refractivity (Wildman–Crippen MR) is 90.8 cm³/mol. The minimum Gasteiger partial charge on any atom is -0.379 e. The van der Waals surface area contributed by atoms with E-state index in [-0.39, 0.29) is 21.7 Å². The highest BCUT2D eigenvalue weighted by atomic mass is 35.5. The molecule has 8 nitrogen and oxygen atoms in total. The first-order valence-electron chi connectivity index (χ1n) is 7.20. The Labute approximate surface area is 144 Å². The molecule has 2 heterocycles. The van der Waals surface area contributed by atoms with Gasteiger partial charge in [-0.3, -0.25) is 0 Å². The standard InChI is InChI=1S/C14H16ClN5O3S/c15-10-9-17-14(16)19-13(10)18-11-3-1-2-4-12(11)24(21,22)20-5-7-23-8-6-20/h1-4,9H,5-8H2,(H3,16,17,18,19). The maximum Gasteiger partial charge on any atom is 0.245 e. The van der Waals surface area contributed by atoms with Crippen molar-refractivity contribution in [3.05, 3.63) is 35.5 Å². The zero-order chi connectivity index (χ0) is 17.2. The lowest BCUT2D eigenvalue weighted by Gasteiger charge is -2.27. The molecule has 24 heavy (non-hydrogen) atoms. The fraction of sp³-hybridized carbons (Fsp3) is 0.286. The van der Waals surface area contributed by atoms with Crippen LogP contribution in [0.25, 0.3) is 0 Å². The van der Waals surface area contributed by atoms with Crippen LogP contribution in [0.15, 0.2) is 35.4 Å². The molecule has 0 radical (unpaired) electrons. The van der Waals surface area contributed by atoms with Crippen LogP contribution in [0.3, 0.4) is 0 Å². The van der Waals surface area contributed by atoms with Crippen molar-refractivity contribution in [2.45, 2.75) is 4.90 Å². The van der Waals surface area contributed by atoms with Crippen LogP contribution in [0.5, 0.6) is 0 Å². The van der Waals surface area contributed by atoms with Gasteiger partial charge in [0.2, 0.25) is 16.0 Å². The van der Waals surface area contributed by atoms with Crippen LogP contribution in [0.4, 0.5) is 17.5 Å². The third kappa shape index (κ3) is 3.44. The molecule has 0 bridgehead atoms. The van der Waals surface area contributed by atoms with Gasteiger partial charge in [0.25, 0.3) is 0 Å². The van der Waals surface area contributed by atoms with Crippen LogP contribution in [0, 0.1) is 0 Å². The number of nitrogens with zero attached hydrogens (tertiary/aromatic N) is 3. The fourth-order valence-electron chi connectivity index (χ4n) is 2.32. The van der Waals surface area contributed by atoms with Crippen molar-refractivity contribution in [2.75, 3.05) is 37.4 Å². The summed E-state index contributed by atoms with van der Waals surface area (Å²) in [5.41, 5.74) is 5.93. The molecule has 128 valence electrons. The first kappa shape index (κ1) is 16.9. The normalized spacial score (nSPS) is 16.0. The SMILES string of the molecule is Nc1ncc(Cl)c(Nc2ccccc2S(=O)(=O)N2CCOCC2)n1. The molecule has 0 atom stereocenters. The average molecular weight is 370 g/mol. The molecule has 3 N–H and O–H groups in total. The van der Waals surface area contributed by atoms with E-state index in [0.29, 0.717) is 32.0 Å². The van der Waals surface area contributed by atoms with Crippen LogP contribution in [-0.2, 0) is 14.8 Å². The van der Waals surface area contributed by atoms with Crippen molar-refractivity contribution in [1.82, 2.24) is 14.3 Å². The number of para-hydroxylation sites is 1. The number of halogens is 1. The number of nitrogens with two attached hydrogens (primary N) is 1. The summed E-state index contributed by atoms with van der Waals surface area (Å²) in [5, 5.41) is 3.17. The summed E-state index contributed by atoms with van der Waals surface area (Å²) in [6.07, 6.45) is 1.35. The van der Waals surface area contributed by atoms with Crippen LogP contribution in [0.2, 0.25) is 5.02 Å². The quantitative estimate of drug-likeness (QED) is 0.839. The molecule has 0 saturated carbocycles. The molecule has 0 aliphatic carbocycles. The third-order valence-electron chi connectivity index (χ3n) is 3.49. The molecule has 0 unspecified atom stereocenters. The molecule has 1 aromatic carbocycles. The van der Waals surface area contributed by atoms with Gasteiger partial charge in [0.1, 0.15) is 9.92 Å². The van der Waals surface area contributed by atoms with Gasteiger partial charge in [0.15, 0.2) is 5.82 Å². The van der Waals surface area contributed by atoms with Gasteiger partial charge in [0.05, 0.1) is 25.1 Å². The van der Waals surface area contributed by atoms with Gasteiger partial charge in [-0.15, -0.1) is 0 Å². The lowest BCUT2D eigenvalue weighted by Crippen LogP contribution is -2.40. The minimum absolute atomic E-state index is 0.0374. The van der Waals surface area contributed by atoms with E-state index < -0.39 is 10.0 Å². The Morgan fingerprint density at radius 3 is 2.71 bits per heavy atom. The Kier molecular flexibility index (Phi) is 4.86. The Morgan fingerprint density at radius 2 is 1.96 bits per heavy atom. The summed E-state index contributed by atoms with van der Waals surface area (Å²) in [6, 6.07) is 6.56. The van der Waals surface area contributed by atoms with Crippen molar-refractivity contribution in [1.29, 1.82) is 0 Å². The molecule has 10 heteroatoms. The van der Waals surface area contributed by atoms with E-state index >= 15 is 0 Å². The predicted octanol–water partition coefficient (Wildman–Crippen LogP) is 1.48. The first-order valence-corrected chi connectivity index (χ1v) is 9.02. The van der Waals surface area contributed by atoms with E-state index in [0.717, 1.165) is 0 Å². The number of ether oxygens (including phenoxy) is 1. The second kappa shape index (κ2) is 6.89. The summed E-state index contributed by atoms with van der Waals surface area (Å²) in [5.74, 6) is 0.282. The van der Waals surface area contributed by atoms with E-state index in [1.165, 1.54) is 16.6 Å². The maximum atomic E-state index is 12.9. The summed E-state index contributed by atoms with van der Waals surface area (Å²) in [4.78, 5) is 7.92. The largest absolute Gasteiger partial charge is 0.379 e. The highest BCUT2D eigenvalue weighted by Gasteiger charge is 2.28. The summed E-state index contributed by atoms with van der Waals surface area (Å²) < 4.78 is 32.4. The molecular weight excluding hydrogens is 354 g/mol. The Hall–Kier alpha value is -1.94. The lowest BCUT2D eigenvalue weighted by atomic mass is 10.3. The molecule has 1 aliphatic heterocycles. The van der Waals surface area contributed by atoms with Gasteiger partial charge in [0, 0.05) is 13.1 Å². The number of anilines is 3. The van der Waals surface area contributed by atoms with E-state index in [1.54, 1.807) is 18.2 Å². The molecule has 1 aliphatic rings. The van der Waals surface area contributed by atoms with Crippen LogP contribution < -0.4 is 11.1 Å². The smallest absolute Gasteiger partial charge is 0.245 e. The molecule has 0 amide bonds. The second-order valence-corrected chi connectivity index (χ2v) is 7.38. The van der Waals surface area contributed by atoms with Crippen molar-refractivity contribution in [2.24, 2.45) is 0 Å². The summed E-state index contributed by atoms with van der Waals surface area (Å²) in [6.45, 7) is 1.39. The monoisotopic (exact) mass is 369 g/mol. The Morgan fingerprint density at radius 1 is 1.25 bits per heavy atom. The number of benzene rings is 1. The number of nitrogen functional groups attached to an aromatic ring is 1. The number of rotatable bonds is 4. The number of nitrogens with one attached hydrogen (secondary N) is 1. The number of hydrogen-bond donors (Lipinski definition) is 2. The molecule has 1 aromatic heterocycles. The molecule has 3 rings (SSSR count). The Bertz CT molecular complexity index is 840. The molecular formula is C14H16ClN5O3S. The number of aromatic nitrogens is 2. The van der Waals surface area contributed by atoms with Gasteiger partial charge < -0.3 is 15.8 Å². The van der Waals surface area contributed by atoms with E-state index in [9.17, 15) is 8.42 Å². The van der Waals surface area contributed by atoms with Crippen LogP contribution in [0.1, 0.15) is 0 Å². The maximum absolute atomic E-state index is 12.9. The third-order valence-corrected chi connectivity index (χ3v) is 5.72. The van der Waals surface area contributed by atoms with Crippen LogP contribution in [-0.4, -0.2) is 49.0 Å². The number of sulfonamides is 1. The van der Waals surface area contributed by atoms with E-state index in [4.69, 9.17) is 22.1 Å². The molecule has 2 aromatic rings. The molecule has 1 fully saturated rings. The van der Waals surface area contributed by atoms with Gasteiger partial charge >= 0.3 is 0 Å². The highest BCUT2D eigenvalue weighted by molar-refractivity contribution is 7.89. The van der Waals surface area contributed by atoms with Crippen molar-refractivity contribution >= 4 is 39.1 Å². The summed E-state index contributed by atoms with van der Waals surface area (Å²) in [7, 11) is -3.66. The topological polar surface area (TPSA) is 110 Å². The zero-order valence-corrected chi connectivity index (χ0v) is 14.2. The number of hydrogen-bond acceptors (Lipinski definition) is 7. The minimum atomic E-state index is -3.66. The van der Waals surface area contributed by atoms with Gasteiger partial charge in [-0.1, -0.05) is 23.7 Å². The first-order chi connectivity index (χ1) is 11.5. The zero-order valence-electron chi connectivity index (χ0n) is 12.6. The number of morpholine rings is 1. The second-order valence-electron chi connectivity index (χ2n) is 5.06. The highest BCUT2D eigenvalue weighted by Crippen LogP contribution is 2.29. The average Bonchev–Trinajstić information content (AvgIpc) is 2.59. The van der Waals surface area contributed by atoms with Gasteiger partial charge in [-0.25, -0.2) is 13.4 Å². The Balaban J connectivity index is 1.97. The van der Waals surface area contributed by atoms with Gasteiger partial charge in [-0.05, 0) is 12.1 Å². The van der Waals surface area contributed by atoms with E-state index in [1.807, 2.05) is 0 Å². The van der Waals surface area contributed by atoms with Crippen molar-refractivity contribution in [3.63, 3.8) is 0 Å². The molecule has 0 spiro atoms. The van der Waals surface area contributed by atoms with E-state index in [2.05, 4.69) is 15.3 Å². The van der Waals surface area contributed by atoms with Crippen LogP contribution >= 0.6 is 11.6 Å². The lowest BCUT2D eigenvalue weighted by molar-refractivity contribution is 0.0730. The van der Waals surface area contributed by atoms with Gasteiger partial charge in [-0.2, -0.15) is 9.29 Å². The fourth-order valence-corrected chi connectivity index (χ4v) is 4.01. The summed E-state index contributed by atoms with van der Waals surface area (Å²) >= 11 is 6.04.